The molecule has 2 amide bonds. The van der Waals surface area contributed by atoms with Crippen LogP contribution >= 0.6 is 0 Å². The van der Waals surface area contributed by atoms with Crippen molar-refractivity contribution in [1.82, 2.24) is 5.32 Å². The zero-order valence-corrected chi connectivity index (χ0v) is 14.0. The molecule has 4 nitrogen and oxygen atoms in total. The summed E-state index contributed by atoms with van der Waals surface area (Å²) in [6.07, 6.45) is 3.19. The molecule has 2 aromatic carbocycles. The highest BCUT2D eigenvalue weighted by Crippen LogP contribution is 2.15. The Balaban J connectivity index is 2.05. The number of hydrogen-bond acceptors (Lipinski definition) is 2. The van der Waals surface area contributed by atoms with Crippen LogP contribution in [0.15, 0.2) is 60.7 Å². The van der Waals surface area contributed by atoms with Gasteiger partial charge in [-0.25, -0.2) is 0 Å². The molecule has 0 aromatic heterocycles. The van der Waals surface area contributed by atoms with Crippen molar-refractivity contribution in [2.45, 2.75) is 13.8 Å². The van der Waals surface area contributed by atoms with E-state index in [2.05, 4.69) is 10.6 Å². The van der Waals surface area contributed by atoms with E-state index in [1.165, 1.54) is 6.08 Å². The predicted octanol–water partition coefficient (Wildman–Crippen LogP) is 3.72. The highest BCUT2D eigenvalue weighted by Gasteiger charge is 2.12. The van der Waals surface area contributed by atoms with Crippen LogP contribution < -0.4 is 10.6 Å². The van der Waals surface area contributed by atoms with E-state index in [4.69, 9.17) is 0 Å². The first-order valence-electron chi connectivity index (χ1n) is 7.97. The van der Waals surface area contributed by atoms with Gasteiger partial charge in [0.1, 0.15) is 0 Å². The van der Waals surface area contributed by atoms with E-state index in [0.717, 1.165) is 5.56 Å². The maximum Gasteiger partial charge on any atom is 0.253 e. The summed E-state index contributed by atoms with van der Waals surface area (Å²) in [6, 6.07) is 16.6. The maximum absolute atomic E-state index is 12.3. The van der Waals surface area contributed by atoms with Gasteiger partial charge in [-0.1, -0.05) is 56.3 Å². The van der Waals surface area contributed by atoms with E-state index in [-0.39, 0.29) is 11.8 Å². The second-order valence-electron chi connectivity index (χ2n) is 5.88. The molecule has 0 fully saturated rings. The van der Waals surface area contributed by atoms with Crippen molar-refractivity contribution in [3.63, 3.8) is 0 Å². The van der Waals surface area contributed by atoms with E-state index in [1.807, 2.05) is 44.2 Å². The summed E-state index contributed by atoms with van der Waals surface area (Å²) in [5, 5.41) is 5.62. The van der Waals surface area contributed by atoms with Gasteiger partial charge in [-0.15, -0.1) is 0 Å². The van der Waals surface area contributed by atoms with Gasteiger partial charge in [0.2, 0.25) is 5.91 Å². The number of anilines is 1. The van der Waals surface area contributed by atoms with Crippen molar-refractivity contribution in [1.29, 1.82) is 0 Å². The Labute approximate surface area is 142 Å². The van der Waals surface area contributed by atoms with Gasteiger partial charge in [0, 0.05) is 12.6 Å². The van der Waals surface area contributed by atoms with E-state index in [0.29, 0.717) is 23.7 Å². The molecule has 0 saturated carbocycles. The van der Waals surface area contributed by atoms with E-state index >= 15 is 0 Å². The smallest absolute Gasteiger partial charge is 0.253 e. The van der Waals surface area contributed by atoms with E-state index in [9.17, 15) is 9.59 Å². The number of rotatable bonds is 6. The lowest BCUT2D eigenvalue weighted by molar-refractivity contribution is -0.111. The van der Waals surface area contributed by atoms with Gasteiger partial charge in [0.15, 0.2) is 0 Å². The average Bonchev–Trinajstić information content (AvgIpc) is 2.59. The first-order valence-corrected chi connectivity index (χ1v) is 7.97. The summed E-state index contributed by atoms with van der Waals surface area (Å²) in [5.41, 5.74) is 1.90. The first-order chi connectivity index (χ1) is 11.6. The lowest BCUT2D eigenvalue weighted by Crippen LogP contribution is -2.28. The Hall–Kier alpha value is -2.88. The van der Waals surface area contributed by atoms with Crippen LogP contribution in [0.25, 0.3) is 6.08 Å². The Morgan fingerprint density at radius 2 is 1.67 bits per heavy atom. The van der Waals surface area contributed by atoms with Crippen LogP contribution in [0.2, 0.25) is 0 Å². The van der Waals surface area contributed by atoms with Gasteiger partial charge in [-0.05, 0) is 29.7 Å². The fourth-order valence-electron chi connectivity index (χ4n) is 2.09. The molecular formula is C20H22N2O2. The third-order valence-electron chi connectivity index (χ3n) is 3.33. The molecule has 0 aliphatic heterocycles. The largest absolute Gasteiger partial charge is 0.352 e. The molecular weight excluding hydrogens is 300 g/mol. The third kappa shape index (κ3) is 5.39. The molecule has 0 bridgehead atoms. The van der Waals surface area contributed by atoms with Gasteiger partial charge in [-0.2, -0.15) is 0 Å². The number of carbonyl (C=O) groups is 2. The summed E-state index contributed by atoms with van der Waals surface area (Å²) >= 11 is 0. The quantitative estimate of drug-likeness (QED) is 0.796. The van der Waals surface area contributed by atoms with E-state index in [1.54, 1.807) is 30.3 Å². The van der Waals surface area contributed by atoms with Gasteiger partial charge in [0.25, 0.3) is 5.91 Å². The van der Waals surface area contributed by atoms with Crippen molar-refractivity contribution in [3.8, 4) is 0 Å². The molecule has 0 saturated heterocycles. The summed E-state index contributed by atoms with van der Waals surface area (Å²) in [5.74, 6) is -0.0980. The Morgan fingerprint density at radius 1 is 1.00 bits per heavy atom. The summed E-state index contributed by atoms with van der Waals surface area (Å²) in [6.45, 7) is 4.65. The van der Waals surface area contributed by atoms with Crippen LogP contribution in [0.5, 0.6) is 0 Å². The van der Waals surface area contributed by atoms with Crippen LogP contribution in [-0.2, 0) is 4.79 Å². The number of carbonyl (C=O) groups excluding carboxylic acids is 2. The minimum absolute atomic E-state index is 0.188. The Bertz CT molecular complexity index is 721. The third-order valence-corrected chi connectivity index (χ3v) is 3.33. The number of nitrogens with one attached hydrogen (secondary N) is 2. The van der Waals surface area contributed by atoms with E-state index < -0.39 is 0 Å². The SMILES string of the molecule is CC(C)CNC(=O)c1ccccc1NC(=O)C=Cc1ccccc1. The van der Waals surface area contributed by atoms with Crippen molar-refractivity contribution < 1.29 is 9.59 Å². The lowest BCUT2D eigenvalue weighted by atomic mass is 10.1. The zero-order chi connectivity index (χ0) is 17.4. The minimum Gasteiger partial charge on any atom is -0.352 e. The first kappa shape index (κ1) is 17.5. The summed E-state index contributed by atoms with van der Waals surface area (Å²) < 4.78 is 0. The molecule has 0 aliphatic rings. The number of para-hydroxylation sites is 1. The highest BCUT2D eigenvalue weighted by atomic mass is 16.2. The second-order valence-corrected chi connectivity index (χ2v) is 5.88. The van der Waals surface area contributed by atoms with Crippen LogP contribution in [0, 0.1) is 5.92 Å². The molecule has 0 unspecified atom stereocenters. The molecule has 0 radical (unpaired) electrons. The fraction of sp³-hybridized carbons (Fsp3) is 0.200. The number of benzene rings is 2. The maximum atomic E-state index is 12.3. The summed E-state index contributed by atoms with van der Waals surface area (Å²) in [4.78, 5) is 24.3. The molecule has 2 aromatic rings. The molecule has 2 N–H and O–H groups in total. The standard InChI is InChI=1S/C20H22N2O2/c1-15(2)14-21-20(24)17-10-6-7-11-18(17)22-19(23)13-12-16-8-4-3-5-9-16/h3-13,15H,14H2,1-2H3,(H,21,24)(H,22,23). The molecule has 24 heavy (non-hydrogen) atoms. The molecule has 4 heteroatoms. The van der Waals surface area contributed by atoms with Gasteiger partial charge in [-0.3, -0.25) is 9.59 Å². The molecule has 0 heterocycles. The molecule has 0 atom stereocenters. The fourth-order valence-corrected chi connectivity index (χ4v) is 2.09. The molecule has 124 valence electrons. The minimum atomic E-state index is -0.275. The van der Waals surface area contributed by atoms with Crippen LogP contribution in [0.3, 0.4) is 0 Å². The monoisotopic (exact) mass is 322 g/mol. The van der Waals surface area contributed by atoms with Crippen molar-refractivity contribution >= 4 is 23.6 Å². The molecule has 0 aliphatic carbocycles. The normalized spacial score (nSPS) is 10.8. The van der Waals surface area contributed by atoms with Crippen molar-refractivity contribution in [3.05, 3.63) is 71.8 Å². The topological polar surface area (TPSA) is 58.2 Å². The highest BCUT2D eigenvalue weighted by molar-refractivity contribution is 6.07. The van der Waals surface area contributed by atoms with Gasteiger partial charge >= 0.3 is 0 Å². The van der Waals surface area contributed by atoms with Gasteiger partial charge in [0.05, 0.1) is 11.3 Å². The summed E-state index contributed by atoms with van der Waals surface area (Å²) in [7, 11) is 0. The Morgan fingerprint density at radius 3 is 2.38 bits per heavy atom. The lowest BCUT2D eigenvalue weighted by Gasteiger charge is -2.11. The second kappa shape index (κ2) is 8.67. The van der Waals surface area contributed by atoms with Crippen molar-refractivity contribution in [2.24, 2.45) is 5.92 Å². The average molecular weight is 322 g/mol. The number of hydrogen-bond donors (Lipinski definition) is 2. The number of amides is 2. The molecule has 2 rings (SSSR count). The molecule has 0 spiro atoms. The van der Waals surface area contributed by atoms with Crippen molar-refractivity contribution in [2.75, 3.05) is 11.9 Å². The van der Waals surface area contributed by atoms with Crippen LogP contribution in [0.1, 0.15) is 29.8 Å². The van der Waals surface area contributed by atoms with Gasteiger partial charge < -0.3 is 10.6 Å². The zero-order valence-electron chi connectivity index (χ0n) is 14.0. The Kier molecular flexibility index (Phi) is 6.32. The van der Waals surface area contributed by atoms with Crippen LogP contribution in [-0.4, -0.2) is 18.4 Å². The predicted molar refractivity (Wildman–Crippen MR) is 97.7 cm³/mol. The van der Waals surface area contributed by atoms with Crippen LogP contribution in [0.4, 0.5) is 5.69 Å².